The summed E-state index contributed by atoms with van der Waals surface area (Å²) >= 11 is 1.32. The number of fused-ring (bicyclic) bond motifs is 1. The highest BCUT2D eigenvalue weighted by molar-refractivity contribution is 7.99. The van der Waals surface area contributed by atoms with Crippen LogP contribution in [0.3, 0.4) is 0 Å². The van der Waals surface area contributed by atoms with Crippen LogP contribution in [0.4, 0.5) is 0 Å². The summed E-state index contributed by atoms with van der Waals surface area (Å²) < 4.78 is 3.39. The Morgan fingerprint density at radius 1 is 1.25 bits per heavy atom. The molecule has 3 aromatic heterocycles. The van der Waals surface area contributed by atoms with Crippen molar-refractivity contribution in [3.63, 3.8) is 0 Å². The number of hydrogen-bond donors (Lipinski definition) is 1. The summed E-state index contributed by atoms with van der Waals surface area (Å²) in [7, 11) is 1.84. The lowest BCUT2D eigenvalue weighted by molar-refractivity contribution is -0.119. The highest BCUT2D eigenvalue weighted by Gasteiger charge is 2.16. The molecule has 0 fully saturated rings. The second-order valence-electron chi connectivity index (χ2n) is 7.06. The van der Waals surface area contributed by atoms with Gasteiger partial charge in [-0.2, -0.15) is 0 Å². The zero-order valence-electron chi connectivity index (χ0n) is 16.7. The summed E-state index contributed by atoms with van der Waals surface area (Å²) in [5, 5.41) is 11.9. The van der Waals surface area contributed by atoms with Crippen LogP contribution in [-0.4, -0.2) is 41.9 Å². The molecule has 3 rings (SSSR count). The first-order chi connectivity index (χ1) is 13.3. The molecule has 0 radical (unpaired) electrons. The van der Waals surface area contributed by atoms with E-state index < -0.39 is 0 Å². The van der Waals surface area contributed by atoms with Crippen LogP contribution in [0.25, 0.3) is 5.65 Å². The van der Waals surface area contributed by atoms with Crippen LogP contribution in [0.5, 0.6) is 0 Å². The number of hydrogen-bond acceptors (Lipinski definition) is 6. The molecule has 0 unspecified atom stereocenters. The van der Waals surface area contributed by atoms with Crippen molar-refractivity contribution in [1.82, 2.24) is 29.5 Å². The number of carbonyl (C=O) groups excluding carboxylic acids is 1. The zero-order valence-corrected chi connectivity index (χ0v) is 17.5. The van der Waals surface area contributed by atoms with E-state index in [0.29, 0.717) is 34.3 Å². The molecule has 0 atom stereocenters. The normalized spacial score (nSPS) is 11.4. The molecule has 0 aliphatic carbocycles. The fraction of sp³-hybridized carbons (Fsp3) is 0.421. The van der Waals surface area contributed by atoms with Crippen LogP contribution in [-0.2, 0) is 18.3 Å². The summed E-state index contributed by atoms with van der Waals surface area (Å²) in [5.74, 6) is 0.872. The molecule has 0 aliphatic rings. The van der Waals surface area contributed by atoms with E-state index in [1.807, 2.05) is 51.4 Å². The van der Waals surface area contributed by atoms with Crippen LogP contribution in [0.1, 0.15) is 36.5 Å². The molecule has 0 saturated heterocycles. The Morgan fingerprint density at radius 3 is 2.71 bits per heavy atom. The quantitative estimate of drug-likeness (QED) is 0.632. The number of thioether (sulfide) groups is 1. The number of pyridine rings is 1. The summed E-state index contributed by atoms with van der Waals surface area (Å²) in [6.45, 7) is 7.61. The maximum Gasteiger partial charge on any atom is 0.261 e. The van der Waals surface area contributed by atoms with Gasteiger partial charge in [0.05, 0.1) is 5.75 Å². The van der Waals surface area contributed by atoms with E-state index in [4.69, 9.17) is 0 Å². The minimum atomic E-state index is -0.0975. The van der Waals surface area contributed by atoms with Gasteiger partial charge in [0, 0.05) is 37.0 Å². The summed E-state index contributed by atoms with van der Waals surface area (Å²) in [5.41, 5.74) is 2.79. The van der Waals surface area contributed by atoms with Gasteiger partial charge >= 0.3 is 0 Å². The molecule has 1 N–H and O–H groups in total. The van der Waals surface area contributed by atoms with Crippen molar-refractivity contribution in [3.8, 4) is 0 Å². The van der Waals surface area contributed by atoms with Gasteiger partial charge in [0.25, 0.3) is 5.56 Å². The molecule has 148 valence electrons. The van der Waals surface area contributed by atoms with Crippen LogP contribution >= 0.6 is 11.8 Å². The predicted molar refractivity (Wildman–Crippen MR) is 109 cm³/mol. The molecule has 9 heteroatoms. The Bertz CT molecular complexity index is 1090. The van der Waals surface area contributed by atoms with E-state index in [1.165, 1.54) is 11.8 Å². The van der Waals surface area contributed by atoms with Gasteiger partial charge in [0.2, 0.25) is 5.91 Å². The van der Waals surface area contributed by atoms with Gasteiger partial charge in [0.1, 0.15) is 11.5 Å². The number of aryl methyl sites for hydroxylation is 2. The highest BCUT2D eigenvalue weighted by Crippen LogP contribution is 2.17. The first-order valence-corrected chi connectivity index (χ1v) is 10.0. The molecule has 28 heavy (non-hydrogen) atoms. The van der Waals surface area contributed by atoms with Gasteiger partial charge in [-0.3, -0.25) is 14.0 Å². The van der Waals surface area contributed by atoms with Gasteiger partial charge in [0.15, 0.2) is 5.16 Å². The Balaban J connectivity index is 1.84. The molecule has 0 aliphatic heterocycles. The minimum absolute atomic E-state index is 0.0484. The SMILES string of the molecule is Cc1ccc2nc(C)c(Cc3nnc(SCC(=O)NC(C)C)n3C)c(=O)n2c1. The van der Waals surface area contributed by atoms with E-state index in [0.717, 1.165) is 5.56 Å². The molecule has 0 bridgehead atoms. The van der Waals surface area contributed by atoms with Gasteiger partial charge in [-0.1, -0.05) is 17.8 Å². The minimum Gasteiger partial charge on any atom is -0.353 e. The third-order valence-corrected chi connectivity index (χ3v) is 5.33. The van der Waals surface area contributed by atoms with Gasteiger partial charge < -0.3 is 9.88 Å². The van der Waals surface area contributed by atoms with E-state index in [9.17, 15) is 9.59 Å². The Labute approximate surface area is 167 Å². The number of rotatable bonds is 6. The third-order valence-electron chi connectivity index (χ3n) is 4.31. The predicted octanol–water partition coefficient (Wildman–Crippen LogP) is 1.65. The smallest absolute Gasteiger partial charge is 0.261 e. The average Bonchev–Trinajstić information content (AvgIpc) is 2.97. The molecule has 3 heterocycles. The topological polar surface area (TPSA) is 94.2 Å². The molecule has 0 saturated carbocycles. The lowest BCUT2D eigenvalue weighted by Gasteiger charge is -2.09. The fourth-order valence-electron chi connectivity index (χ4n) is 2.87. The number of nitrogens with zero attached hydrogens (tertiary/aromatic N) is 5. The molecule has 0 spiro atoms. The van der Waals surface area contributed by atoms with Crippen molar-refractivity contribution in [2.45, 2.75) is 45.3 Å². The van der Waals surface area contributed by atoms with Crippen LogP contribution < -0.4 is 10.9 Å². The van der Waals surface area contributed by atoms with Gasteiger partial charge in [-0.15, -0.1) is 10.2 Å². The maximum atomic E-state index is 12.9. The Hall–Kier alpha value is -2.68. The van der Waals surface area contributed by atoms with Crippen LogP contribution in [0, 0.1) is 13.8 Å². The van der Waals surface area contributed by atoms with Gasteiger partial charge in [-0.25, -0.2) is 4.98 Å². The van der Waals surface area contributed by atoms with Gasteiger partial charge in [-0.05, 0) is 39.3 Å². The van der Waals surface area contributed by atoms with E-state index in [2.05, 4.69) is 20.5 Å². The number of amides is 1. The van der Waals surface area contributed by atoms with Crippen molar-refractivity contribution >= 4 is 23.3 Å². The fourth-order valence-corrected chi connectivity index (χ4v) is 3.61. The second-order valence-corrected chi connectivity index (χ2v) is 8.00. The average molecular weight is 401 g/mol. The van der Waals surface area contributed by atoms with Crippen LogP contribution in [0.2, 0.25) is 0 Å². The largest absolute Gasteiger partial charge is 0.353 e. The van der Waals surface area contributed by atoms with E-state index >= 15 is 0 Å². The number of nitrogens with one attached hydrogen (secondary N) is 1. The number of aromatic nitrogens is 5. The first kappa shape index (κ1) is 20.1. The van der Waals surface area contributed by atoms with Crippen molar-refractivity contribution in [1.29, 1.82) is 0 Å². The first-order valence-electron chi connectivity index (χ1n) is 9.05. The maximum absolute atomic E-state index is 12.9. The molecular weight excluding hydrogens is 376 g/mol. The molecule has 0 aromatic carbocycles. The standard InChI is InChI=1S/C19H24N6O2S/c1-11(2)20-17(26)10-28-19-23-22-16(24(19)5)8-14-13(4)21-15-7-6-12(3)9-25(15)18(14)27/h6-7,9,11H,8,10H2,1-5H3,(H,20,26). The van der Waals surface area contributed by atoms with Crippen LogP contribution in [0.15, 0.2) is 28.3 Å². The van der Waals surface area contributed by atoms with Crippen molar-refractivity contribution in [2.24, 2.45) is 7.05 Å². The van der Waals surface area contributed by atoms with Crippen molar-refractivity contribution < 1.29 is 4.79 Å². The zero-order chi connectivity index (χ0) is 20.4. The van der Waals surface area contributed by atoms with E-state index in [1.54, 1.807) is 10.6 Å². The molecule has 8 nitrogen and oxygen atoms in total. The van der Waals surface area contributed by atoms with Crippen molar-refractivity contribution in [3.05, 3.63) is 51.3 Å². The second kappa shape index (κ2) is 8.14. The summed E-state index contributed by atoms with van der Waals surface area (Å²) in [6, 6.07) is 3.87. The highest BCUT2D eigenvalue weighted by atomic mass is 32.2. The third kappa shape index (κ3) is 4.24. The number of carbonyl (C=O) groups is 1. The summed E-state index contributed by atoms with van der Waals surface area (Å²) in [4.78, 5) is 29.3. The summed E-state index contributed by atoms with van der Waals surface area (Å²) in [6.07, 6.45) is 2.12. The molecule has 1 amide bonds. The lowest BCUT2D eigenvalue weighted by Crippen LogP contribution is -2.31. The van der Waals surface area contributed by atoms with Crippen molar-refractivity contribution in [2.75, 3.05) is 5.75 Å². The molecular formula is C19H24N6O2S. The monoisotopic (exact) mass is 400 g/mol. The van der Waals surface area contributed by atoms with E-state index in [-0.39, 0.29) is 23.3 Å². The lowest BCUT2D eigenvalue weighted by atomic mass is 10.1. The molecule has 3 aromatic rings. The Morgan fingerprint density at radius 2 is 2.00 bits per heavy atom. The Kier molecular flexibility index (Phi) is 5.83.